The zero-order valence-electron chi connectivity index (χ0n) is 35.2. The predicted octanol–water partition coefficient (Wildman–Crippen LogP) is 5.84. The third-order valence-electron chi connectivity index (χ3n) is 8.17. The summed E-state index contributed by atoms with van der Waals surface area (Å²) in [4.78, 5) is 2.09. The Morgan fingerprint density at radius 2 is 0.407 bits per heavy atom. The zero-order chi connectivity index (χ0) is 38.9. The Morgan fingerprint density at radius 1 is 0.222 bits per heavy atom. The maximum absolute atomic E-state index is 5.68. The molecule has 0 fully saturated rings. The van der Waals surface area contributed by atoms with Gasteiger partial charge in [0.2, 0.25) is 0 Å². The smallest absolute Gasteiger partial charge is 0.0701 e. The molecule has 0 aromatic rings. The summed E-state index contributed by atoms with van der Waals surface area (Å²) in [5.41, 5.74) is 0. The van der Waals surface area contributed by atoms with Gasteiger partial charge in [0.1, 0.15) is 0 Å². The highest BCUT2D eigenvalue weighted by molar-refractivity contribution is 4.49. The third-order valence-corrected chi connectivity index (χ3v) is 8.17. The predicted molar refractivity (Wildman–Crippen MR) is 214 cm³/mol. The van der Waals surface area contributed by atoms with Crippen molar-refractivity contribution in [2.45, 2.75) is 90.4 Å². The van der Waals surface area contributed by atoms with Gasteiger partial charge in [-0.1, -0.05) is 84.0 Å². The molecule has 0 aliphatic carbocycles. The van der Waals surface area contributed by atoms with E-state index in [9.17, 15) is 0 Å². The molecule has 0 aromatic heterocycles. The van der Waals surface area contributed by atoms with E-state index in [0.717, 1.165) is 26.2 Å². The average Bonchev–Trinajstić information content (AvgIpc) is 3.17. The van der Waals surface area contributed by atoms with Gasteiger partial charge in [-0.15, -0.1) is 0 Å². The van der Waals surface area contributed by atoms with Gasteiger partial charge in [-0.3, -0.25) is 0 Å². The Kier molecular flexibility index (Phi) is 50.0. The molecule has 0 aliphatic rings. The number of hydrogen-bond acceptors (Lipinski definition) is 13. The first kappa shape index (κ1) is 53.5. The lowest BCUT2D eigenvalue weighted by atomic mass is 10.0. The third kappa shape index (κ3) is 51.5. The zero-order valence-corrected chi connectivity index (χ0v) is 35.2. The average molecular weight is 784 g/mol. The molecule has 0 saturated carbocycles. The van der Waals surface area contributed by atoms with Crippen molar-refractivity contribution in [2.24, 2.45) is 0 Å². The van der Waals surface area contributed by atoms with Crippen molar-refractivity contribution in [3.63, 3.8) is 0 Å². The molecule has 326 valence electrons. The summed E-state index contributed by atoms with van der Waals surface area (Å²) in [6.07, 6.45) is 17.8. The summed E-state index contributed by atoms with van der Waals surface area (Å²) in [6, 6.07) is 0. The molecule has 13 nitrogen and oxygen atoms in total. The number of hydrogen-bond donors (Lipinski definition) is 0. The fourth-order valence-electron chi connectivity index (χ4n) is 4.99. The Hall–Kier alpha value is -0.520. The van der Waals surface area contributed by atoms with Crippen molar-refractivity contribution >= 4 is 0 Å². The van der Waals surface area contributed by atoms with E-state index in [1.807, 2.05) is 14.1 Å². The first-order chi connectivity index (χ1) is 26.8. The number of unbranched alkanes of at least 4 members (excludes halogenated alkanes) is 12. The second kappa shape index (κ2) is 50.5. The minimum absolute atomic E-state index is 0.520. The van der Waals surface area contributed by atoms with Gasteiger partial charge in [0.15, 0.2) is 0 Å². The molecule has 0 aromatic carbocycles. The van der Waals surface area contributed by atoms with E-state index in [1.165, 1.54) is 77.0 Å². The molecule has 0 bridgehead atoms. The van der Waals surface area contributed by atoms with Crippen LogP contribution in [0.3, 0.4) is 0 Å². The van der Waals surface area contributed by atoms with Crippen molar-refractivity contribution in [2.75, 3.05) is 179 Å². The molecule has 0 spiro atoms. The van der Waals surface area contributed by atoms with Gasteiger partial charge in [-0.2, -0.15) is 0 Å². The molecule has 0 radical (unpaired) electrons. The maximum Gasteiger partial charge on any atom is 0.0701 e. The van der Waals surface area contributed by atoms with Crippen LogP contribution in [0.4, 0.5) is 0 Å². The first-order valence-corrected chi connectivity index (χ1v) is 21.3. The van der Waals surface area contributed by atoms with Crippen LogP contribution >= 0.6 is 0 Å². The van der Waals surface area contributed by atoms with Gasteiger partial charge < -0.3 is 61.7 Å². The summed E-state index contributed by atoms with van der Waals surface area (Å²) < 4.78 is 66.3. The second-order valence-electron chi connectivity index (χ2n) is 13.4. The molecule has 0 rings (SSSR count). The summed E-state index contributed by atoms with van der Waals surface area (Å²) in [5, 5.41) is 0. The molecule has 54 heavy (non-hydrogen) atoms. The topological polar surface area (TPSA) is 114 Å². The lowest BCUT2D eigenvalue weighted by molar-refractivity contribution is -0.0284. The van der Waals surface area contributed by atoms with Crippen LogP contribution in [0.1, 0.15) is 90.4 Å². The maximum atomic E-state index is 5.68. The normalized spacial score (nSPS) is 11.8. The molecular weight excluding hydrogens is 698 g/mol. The molecular formula is C41H85NO12. The minimum Gasteiger partial charge on any atom is -0.379 e. The molecule has 0 heterocycles. The molecule has 0 N–H and O–H groups in total. The van der Waals surface area contributed by atoms with Crippen LogP contribution < -0.4 is 0 Å². The fourth-order valence-corrected chi connectivity index (χ4v) is 4.99. The van der Waals surface area contributed by atoms with Crippen molar-refractivity contribution < 1.29 is 56.8 Å². The Labute approximate surface area is 330 Å². The van der Waals surface area contributed by atoms with Gasteiger partial charge >= 0.3 is 0 Å². The summed E-state index contributed by atoms with van der Waals surface area (Å²) in [7, 11) is 4.05. The van der Waals surface area contributed by atoms with E-state index in [0.29, 0.717) is 145 Å². The molecule has 13 heteroatoms. The largest absolute Gasteiger partial charge is 0.379 e. The van der Waals surface area contributed by atoms with Gasteiger partial charge in [0, 0.05) is 13.2 Å². The van der Waals surface area contributed by atoms with E-state index in [4.69, 9.17) is 56.8 Å². The van der Waals surface area contributed by atoms with Crippen LogP contribution in [0, 0.1) is 0 Å². The van der Waals surface area contributed by atoms with Gasteiger partial charge in [-0.25, -0.2) is 0 Å². The Balaban J connectivity index is 3.05. The van der Waals surface area contributed by atoms with Crippen molar-refractivity contribution in [3.05, 3.63) is 0 Å². The first-order valence-electron chi connectivity index (χ1n) is 21.3. The Bertz CT molecular complexity index is 653. The molecule has 0 unspecified atom stereocenters. The van der Waals surface area contributed by atoms with Gasteiger partial charge in [-0.05, 0) is 20.5 Å². The van der Waals surface area contributed by atoms with Crippen LogP contribution in [0.5, 0.6) is 0 Å². The number of ether oxygens (including phenoxy) is 12. The highest BCUT2D eigenvalue weighted by Gasteiger charge is 1.98. The number of rotatable bonds is 50. The fraction of sp³-hybridized carbons (Fsp3) is 1.00. The van der Waals surface area contributed by atoms with E-state index >= 15 is 0 Å². The highest BCUT2D eigenvalue weighted by atomic mass is 16.6. The summed E-state index contributed by atoms with van der Waals surface area (Å²) >= 11 is 0. The van der Waals surface area contributed by atoms with Crippen LogP contribution in [0.25, 0.3) is 0 Å². The van der Waals surface area contributed by atoms with Crippen molar-refractivity contribution in [1.82, 2.24) is 4.90 Å². The lowest BCUT2D eigenvalue weighted by Crippen LogP contribution is -2.19. The minimum atomic E-state index is 0.520. The second-order valence-corrected chi connectivity index (χ2v) is 13.4. The highest BCUT2D eigenvalue weighted by Crippen LogP contribution is 2.12. The van der Waals surface area contributed by atoms with Gasteiger partial charge in [0.05, 0.1) is 152 Å². The number of likely N-dealkylation sites (N-methyl/N-ethyl adjacent to an activating group) is 1. The molecule has 0 saturated heterocycles. The molecule has 0 amide bonds. The molecule has 0 aliphatic heterocycles. The van der Waals surface area contributed by atoms with E-state index in [-0.39, 0.29) is 0 Å². The molecule has 0 atom stereocenters. The lowest BCUT2D eigenvalue weighted by Gasteiger charge is -2.10. The van der Waals surface area contributed by atoms with Crippen LogP contribution in [0.2, 0.25) is 0 Å². The van der Waals surface area contributed by atoms with E-state index in [2.05, 4.69) is 11.8 Å². The van der Waals surface area contributed by atoms with Crippen molar-refractivity contribution in [3.8, 4) is 0 Å². The Morgan fingerprint density at radius 3 is 0.630 bits per heavy atom. The quantitative estimate of drug-likeness (QED) is 0.0690. The van der Waals surface area contributed by atoms with Crippen molar-refractivity contribution in [1.29, 1.82) is 0 Å². The van der Waals surface area contributed by atoms with Crippen LogP contribution in [-0.2, 0) is 56.8 Å². The monoisotopic (exact) mass is 784 g/mol. The van der Waals surface area contributed by atoms with E-state index in [1.54, 1.807) is 0 Å². The number of nitrogens with zero attached hydrogens (tertiary/aromatic N) is 1. The van der Waals surface area contributed by atoms with Crippen LogP contribution in [-0.4, -0.2) is 184 Å². The van der Waals surface area contributed by atoms with Gasteiger partial charge in [0.25, 0.3) is 0 Å². The van der Waals surface area contributed by atoms with E-state index < -0.39 is 0 Å². The SMILES string of the molecule is CCCCCCCCCCCCCCCOCCOCCOCCOCCOCCOCCOCCOCCOCCOCCOCCOCCN(C)C. The van der Waals surface area contributed by atoms with Crippen LogP contribution in [0.15, 0.2) is 0 Å². The summed E-state index contributed by atoms with van der Waals surface area (Å²) in [6.45, 7) is 16.8. The summed E-state index contributed by atoms with van der Waals surface area (Å²) in [5.74, 6) is 0. The standard InChI is InChI=1S/C41H85NO12/c1-4-5-6-7-8-9-10-11-12-13-14-15-16-18-43-20-22-45-24-26-47-28-30-49-32-34-51-36-38-53-40-41-54-39-37-52-35-33-50-31-29-48-27-25-46-23-21-44-19-17-42(2)3/h4-41H2,1-3H3.